The van der Waals surface area contributed by atoms with Gasteiger partial charge in [0, 0.05) is 6.42 Å². The number of aliphatic hydroxyl groups is 1. The van der Waals surface area contributed by atoms with Crippen LogP contribution in [0.1, 0.15) is 56.9 Å². The van der Waals surface area contributed by atoms with Crippen molar-refractivity contribution in [3.63, 3.8) is 0 Å². The molecule has 0 radical (unpaired) electrons. The van der Waals surface area contributed by atoms with Crippen LogP contribution in [0, 0.1) is 11.8 Å². The third-order valence-electron chi connectivity index (χ3n) is 5.43. The van der Waals surface area contributed by atoms with E-state index < -0.39 is 6.10 Å². The maximum absolute atomic E-state index is 12.3. The summed E-state index contributed by atoms with van der Waals surface area (Å²) in [4.78, 5) is 12.3. The SMILES string of the molecule is O=C(C[C@@H]1CCC[C@@H]1/C=C/c1ccccc1)O[C@@H]1CCCC[C@H]1O. The molecule has 0 aliphatic heterocycles. The normalized spacial score (nSPS) is 30.5. The summed E-state index contributed by atoms with van der Waals surface area (Å²) in [5.74, 6) is 0.693. The predicted molar refractivity (Wildman–Crippen MR) is 95.3 cm³/mol. The van der Waals surface area contributed by atoms with Crippen LogP contribution in [0.3, 0.4) is 0 Å². The number of hydrogen-bond acceptors (Lipinski definition) is 3. The van der Waals surface area contributed by atoms with Crippen molar-refractivity contribution in [2.75, 3.05) is 0 Å². The number of hydrogen-bond donors (Lipinski definition) is 1. The molecule has 130 valence electrons. The monoisotopic (exact) mass is 328 g/mol. The van der Waals surface area contributed by atoms with Crippen molar-refractivity contribution in [3.05, 3.63) is 42.0 Å². The van der Waals surface area contributed by atoms with Gasteiger partial charge in [0.25, 0.3) is 0 Å². The minimum Gasteiger partial charge on any atom is -0.460 e. The van der Waals surface area contributed by atoms with E-state index in [0.29, 0.717) is 18.3 Å². The van der Waals surface area contributed by atoms with Crippen molar-refractivity contribution in [1.29, 1.82) is 0 Å². The van der Waals surface area contributed by atoms with Crippen molar-refractivity contribution >= 4 is 12.0 Å². The molecule has 1 N–H and O–H groups in total. The zero-order valence-electron chi connectivity index (χ0n) is 14.3. The van der Waals surface area contributed by atoms with E-state index in [9.17, 15) is 9.90 Å². The van der Waals surface area contributed by atoms with Gasteiger partial charge in [-0.05, 0) is 49.5 Å². The van der Waals surface area contributed by atoms with Crippen molar-refractivity contribution in [2.45, 2.75) is 63.6 Å². The van der Waals surface area contributed by atoms with Crippen molar-refractivity contribution in [3.8, 4) is 0 Å². The summed E-state index contributed by atoms with van der Waals surface area (Å²) in [5.41, 5.74) is 1.20. The first-order chi connectivity index (χ1) is 11.7. The highest BCUT2D eigenvalue weighted by atomic mass is 16.6. The van der Waals surface area contributed by atoms with E-state index >= 15 is 0 Å². The number of rotatable bonds is 5. The minimum absolute atomic E-state index is 0.133. The fourth-order valence-electron chi connectivity index (χ4n) is 4.02. The fraction of sp³-hybridized carbons (Fsp3) is 0.571. The van der Waals surface area contributed by atoms with Gasteiger partial charge in [0.1, 0.15) is 6.10 Å². The van der Waals surface area contributed by atoms with Crippen LogP contribution in [0.4, 0.5) is 0 Å². The molecule has 1 aromatic rings. The van der Waals surface area contributed by atoms with Gasteiger partial charge in [-0.25, -0.2) is 0 Å². The lowest BCUT2D eigenvalue weighted by atomic mass is 9.91. The Morgan fingerprint density at radius 3 is 2.67 bits per heavy atom. The standard InChI is InChI=1S/C21H28O3/c22-19-11-4-5-12-20(19)24-21(23)15-18-10-6-9-17(18)14-13-16-7-2-1-3-8-16/h1-3,7-8,13-14,17-20,22H,4-6,9-12,15H2/b14-13+/t17-,18+,19-,20-/m1/s1. The molecule has 0 bridgehead atoms. The molecule has 24 heavy (non-hydrogen) atoms. The Morgan fingerprint density at radius 1 is 1.08 bits per heavy atom. The van der Waals surface area contributed by atoms with Crippen LogP contribution in [-0.4, -0.2) is 23.3 Å². The van der Waals surface area contributed by atoms with Crippen molar-refractivity contribution < 1.29 is 14.6 Å². The maximum Gasteiger partial charge on any atom is 0.306 e. The van der Waals surface area contributed by atoms with Crippen LogP contribution < -0.4 is 0 Å². The lowest BCUT2D eigenvalue weighted by Gasteiger charge is -2.28. The van der Waals surface area contributed by atoms with Gasteiger partial charge in [0.15, 0.2) is 0 Å². The molecule has 0 aromatic heterocycles. The molecule has 3 nitrogen and oxygen atoms in total. The Hall–Kier alpha value is -1.61. The summed E-state index contributed by atoms with van der Waals surface area (Å²) >= 11 is 0. The summed E-state index contributed by atoms with van der Waals surface area (Å²) in [6.45, 7) is 0. The number of allylic oxidation sites excluding steroid dienone is 1. The van der Waals surface area contributed by atoms with Crippen LogP contribution in [0.15, 0.2) is 36.4 Å². The van der Waals surface area contributed by atoms with Crippen LogP contribution >= 0.6 is 0 Å². The molecular formula is C21H28O3. The molecule has 1 aromatic carbocycles. The van der Waals surface area contributed by atoms with Gasteiger partial charge in [-0.2, -0.15) is 0 Å². The zero-order valence-corrected chi connectivity index (χ0v) is 14.3. The number of esters is 1. The predicted octanol–water partition coefficient (Wildman–Crippen LogP) is 4.35. The van der Waals surface area contributed by atoms with Gasteiger partial charge < -0.3 is 9.84 Å². The zero-order chi connectivity index (χ0) is 16.8. The highest BCUT2D eigenvalue weighted by Crippen LogP contribution is 2.36. The summed E-state index contributed by atoms with van der Waals surface area (Å²) in [5, 5.41) is 9.95. The maximum atomic E-state index is 12.3. The summed E-state index contributed by atoms with van der Waals surface area (Å²) in [6.07, 6.45) is 11.2. The molecule has 0 unspecified atom stereocenters. The molecule has 2 aliphatic rings. The minimum atomic E-state index is -0.472. The molecule has 4 atom stereocenters. The number of aliphatic hydroxyl groups excluding tert-OH is 1. The van der Waals surface area contributed by atoms with E-state index in [2.05, 4.69) is 24.3 Å². The summed E-state index contributed by atoms with van der Waals surface area (Å²) < 4.78 is 5.56. The van der Waals surface area contributed by atoms with E-state index in [0.717, 1.165) is 38.5 Å². The van der Waals surface area contributed by atoms with Gasteiger partial charge in [-0.3, -0.25) is 4.79 Å². The molecule has 2 fully saturated rings. The van der Waals surface area contributed by atoms with E-state index in [1.807, 2.05) is 18.2 Å². The largest absolute Gasteiger partial charge is 0.460 e. The van der Waals surface area contributed by atoms with Gasteiger partial charge in [-0.15, -0.1) is 0 Å². The van der Waals surface area contributed by atoms with Crippen LogP contribution in [0.2, 0.25) is 0 Å². The fourth-order valence-corrected chi connectivity index (χ4v) is 4.02. The van der Waals surface area contributed by atoms with E-state index in [1.54, 1.807) is 0 Å². The second-order valence-electron chi connectivity index (χ2n) is 7.21. The molecule has 0 saturated heterocycles. The highest BCUT2D eigenvalue weighted by Gasteiger charge is 2.31. The molecule has 0 spiro atoms. The first-order valence-corrected chi connectivity index (χ1v) is 9.33. The average molecular weight is 328 g/mol. The topological polar surface area (TPSA) is 46.5 Å². The average Bonchev–Trinajstić information content (AvgIpc) is 3.03. The van der Waals surface area contributed by atoms with Gasteiger partial charge >= 0.3 is 5.97 Å². The summed E-state index contributed by atoms with van der Waals surface area (Å²) in [7, 11) is 0. The van der Waals surface area contributed by atoms with E-state index in [1.165, 1.54) is 12.0 Å². The molecule has 0 heterocycles. The Bertz CT molecular complexity index is 551. The number of carbonyl (C=O) groups is 1. The second-order valence-corrected chi connectivity index (χ2v) is 7.21. The quantitative estimate of drug-likeness (QED) is 0.817. The van der Waals surface area contributed by atoms with Gasteiger partial charge in [0.05, 0.1) is 6.10 Å². The first-order valence-electron chi connectivity index (χ1n) is 9.33. The molecule has 3 heteroatoms. The van der Waals surface area contributed by atoms with Crippen LogP contribution in [-0.2, 0) is 9.53 Å². The molecule has 2 saturated carbocycles. The smallest absolute Gasteiger partial charge is 0.306 e. The molecular weight excluding hydrogens is 300 g/mol. The molecule has 2 aliphatic carbocycles. The number of benzene rings is 1. The highest BCUT2D eigenvalue weighted by molar-refractivity contribution is 5.70. The number of ether oxygens (including phenoxy) is 1. The third kappa shape index (κ3) is 4.70. The Morgan fingerprint density at radius 2 is 1.88 bits per heavy atom. The van der Waals surface area contributed by atoms with E-state index in [4.69, 9.17) is 4.74 Å². The molecule has 0 amide bonds. The van der Waals surface area contributed by atoms with E-state index in [-0.39, 0.29) is 12.1 Å². The second kappa shape index (κ2) is 8.48. The number of carbonyl (C=O) groups excluding carboxylic acids is 1. The Balaban J connectivity index is 1.51. The van der Waals surface area contributed by atoms with Crippen molar-refractivity contribution in [2.24, 2.45) is 11.8 Å². The van der Waals surface area contributed by atoms with Crippen LogP contribution in [0.25, 0.3) is 6.08 Å². The van der Waals surface area contributed by atoms with Gasteiger partial charge in [0.2, 0.25) is 0 Å². The summed E-state index contributed by atoms with van der Waals surface area (Å²) in [6, 6.07) is 10.3. The first kappa shape index (κ1) is 17.2. The lowest BCUT2D eigenvalue weighted by molar-refractivity contribution is -0.158. The van der Waals surface area contributed by atoms with Crippen LogP contribution in [0.5, 0.6) is 0 Å². The lowest BCUT2D eigenvalue weighted by Crippen LogP contribution is -2.34. The van der Waals surface area contributed by atoms with Crippen molar-refractivity contribution in [1.82, 2.24) is 0 Å². The Labute approximate surface area is 144 Å². The van der Waals surface area contributed by atoms with Gasteiger partial charge in [-0.1, -0.05) is 55.3 Å². The Kier molecular flexibility index (Phi) is 6.08. The third-order valence-corrected chi connectivity index (χ3v) is 5.43. The molecule has 3 rings (SSSR count).